The second-order valence-corrected chi connectivity index (χ2v) is 12.7. The second-order valence-electron chi connectivity index (χ2n) is 4.67. The van der Waals surface area contributed by atoms with Gasteiger partial charge in [0, 0.05) is 0 Å². The first kappa shape index (κ1) is 11.5. The average molecular weight is 277 g/mol. The molecular formula is C13H16GeO2. The molecule has 84 valence electrons. The monoisotopic (exact) mass is 278 g/mol. The van der Waals surface area contributed by atoms with Crippen LogP contribution in [0.1, 0.15) is 12.5 Å². The van der Waals surface area contributed by atoms with Crippen LogP contribution < -0.4 is 0 Å². The van der Waals surface area contributed by atoms with Gasteiger partial charge in [0.2, 0.25) is 0 Å². The van der Waals surface area contributed by atoms with E-state index in [1.807, 2.05) is 25.1 Å². The van der Waals surface area contributed by atoms with Crippen LogP contribution in [0, 0.1) is 0 Å². The van der Waals surface area contributed by atoms with Crippen molar-refractivity contribution in [2.24, 2.45) is 0 Å². The summed E-state index contributed by atoms with van der Waals surface area (Å²) in [6, 6.07) is 10.3. The van der Waals surface area contributed by atoms with Crippen molar-refractivity contribution in [3.05, 3.63) is 45.9 Å². The van der Waals surface area contributed by atoms with Crippen molar-refractivity contribution >= 4 is 19.6 Å². The van der Waals surface area contributed by atoms with Crippen molar-refractivity contribution in [3.63, 3.8) is 0 Å². The summed E-state index contributed by atoms with van der Waals surface area (Å²) in [6.07, 6.45) is 0.866. The van der Waals surface area contributed by atoms with E-state index in [1.54, 1.807) is 0 Å². The average Bonchev–Trinajstić information content (AvgIpc) is 2.42. The molecule has 1 heterocycles. The first-order valence-electron chi connectivity index (χ1n) is 5.48. The molecule has 1 aromatic carbocycles. The fourth-order valence-electron chi connectivity index (χ4n) is 2.09. The third-order valence-corrected chi connectivity index (χ3v) is 8.72. The van der Waals surface area contributed by atoms with Crippen LogP contribution in [-0.4, -0.2) is 19.6 Å². The number of hydrogen-bond acceptors (Lipinski definition) is 2. The molecule has 1 aliphatic rings. The molecular weight excluding hydrogens is 261 g/mol. The Kier molecular flexibility index (Phi) is 2.93. The fraction of sp³-hybridized carbons (Fsp3) is 0.308. The number of allylic oxidation sites excluding steroid dienone is 1. The molecule has 2 nitrogen and oxygen atoms in total. The fourth-order valence-corrected chi connectivity index (χ4v) is 7.07. The number of carbonyl (C=O) groups excluding carboxylic acids is 1. The van der Waals surface area contributed by atoms with Gasteiger partial charge in [-0.1, -0.05) is 0 Å². The van der Waals surface area contributed by atoms with Crippen LogP contribution in [0.4, 0.5) is 0 Å². The normalized spacial score (nSPS) is 18.8. The Hall–Kier alpha value is -1.03. The van der Waals surface area contributed by atoms with E-state index in [0.717, 1.165) is 12.0 Å². The standard InChI is InChI=1S/C13H16GeO2/c1-10-12(14(2,3)16-13(10)15)9-11-7-5-4-6-8-11/h4-8H,9H2,1-3H3. The Morgan fingerprint density at radius 3 is 2.31 bits per heavy atom. The van der Waals surface area contributed by atoms with Crippen molar-refractivity contribution in [1.29, 1.82) is 0 Å². The quantitative estimate of drug-likeness (QED) is 0.777. The number of rotatable bonds is 2. The molecule has 0 atom stereocenters. The molecule has 1 aliphatic heterocycles. The summed E-state index contributed by atoms with van der Waals surface area (Å²) >= 11 is -2.47. The van der Waals surface area contributed by atoms with Crippen LogP contribution in [0.5, 0.6) is 0 Å². The van der Waals surface area contributed by atoms with E-state index in [2.05, 4.69) is 23.6 Å². The molecule has 0 saturated carbocycles. The number of carbonyl (C=O) groups is 1. The van der Waals surface area contributed by atoms with Crippen LogP contribution in [0.3, 0.4) is 0 Å². The van der Waals surface area contributed by atoms with Crippen LogP contribution in [0.15, 0.2) is 40.3 Å². The maximum atomic E-state index is 11.6. The predicted octanol–water partition coefficient (Wildman–Crippen LogP) is 2.85. The first-order valence-corrected chi connectivity index (χ1v) is 11.6. The SMILES string of the molecule is CC1=[C](Cc2ccccc2)[Ge]([CH3])([CH3])[O]C1=O. The Morgan fingerprint density at radius 2 is 1.81 bits per heavy atom. The van der Waals surface area contributed by atoms with Gasteiger partial charge in [0.25, 0.3) is 0 Å². The van der Waals surface area contributed by atoms with Gasteiger partial charge in [0.1, 0.15) is 0 Å². The summed E-state index contributed by atoms with van der Waals surface area (Å²) in [5.41, 5.74) is 2.10. The molecule has 16 heavy (non-hydrogen) atoms. The first-order chi connectivity index (χ1) is 7.50. The van der Waals surface area contributed by atoms with Crippen molar-refractivity contribution in [2.75, 3.05) is 0 Å². The summed E-state index contributed by atoms with van der Waals surface area (Å²) in [5.74, 6) is 4.16. The summed E-state index contributed by atoms with van der Waals surface area (Å²) < 4.78 is 6.79. The van der Waals surface area contributed by atoms with Gasteiger partial charge in [-0.05, 0) is 0 Å². The molecule has 2 rings (SSSR count). The molecule has 0 fully saturated rings. The zero-order valence-electron chi connectivity index (χ0n) is 9.91. The molecule has 1 aromatic rings. The van der Waals surface area contributed by atoms with Crippen LogP contribution in [0.25, 0.3) is 0 Å². The zero-order chi connectivity index (χ0) is 11.8. The van der Waals surface area contributed by atoms with E-state index in [0.29, 0.717) is 0 Å². The maximum absolute atomic E-state index is 11.6. The molecule has 0 amide bonds. The van der Waals surface area contributed by atoms with E-state index in [1.165, 1.54) is 9.97 Å². The minimum absolute atomic E-state index is 0.101. The Labute approximate surface area is 99.0 Å². The van der Waals surface area contributed by atoms with Gasteiger partial charge in [-0.3, -0.25) is 0 Å². The molecule has 0 aromatic heterocycles. The summed E-state index contributed by atoms with van der Waals surface area (Å²) in [4.78, 5) is 11.6. The van der Waals surface area contributed by atoms with Gasteiger partial charge in [0.15, 0.2) is 0 Å². The molecule has 0 spiro atoms. The van der Waals surface area contributed by atoms with Crippen molar-refractivity contribution in [1.82, 2.24) is 0 Å². The van der Waals surface area contributed by atoms with E-state index in [-0.39, 0.29) is 5.97 Å². The molecule has 0 unspecified atom stereocenters. The van der Waals surface area contributed by atoms with Crippen molar-refractivity contribution < 1.29 is 8.56 Å². The number of benzene rings is 1. The van der Waals surface area contributed by atoms with Gasteiger partial charge in [-0.25, -0.2) is 0 Å². The van der Waals surface area contributed by atoms with Crippen molar-refractivity contribution in [3.8, 4) is 0 Å². The Bertz CT molecular complexity index is 446. The molecule has 3 heteroatoms. The van der Waals surface area contributed by atoms with Gasteiger partial charge < -0.3 is 0 Å². The van der Waals surface area contributed by atoms with Crippen LogP contribution in [-0.2, 0) is 15.0 Å². The van der Waals surface area contributed by atoms with E-state index >= 15 is 0 Å². The van der Waals surface area contributed by atoms with E-state index < -0.39 is 13.6 Å². The molecule has 0 bridgehead atoms. The van der Waals surface area contributed by atoms with Gasteiger partial charge in [-0.2, -0.15) is 0 Å². The topological polar surface area (TPSA) is 26.3 Å². The van der Waals surface area contributed by atoms with Crippen molar-refractivity contribution in [2.45, 2.75) is 24.9 Å². The predicted molar refractivity (Wildman–Crippen MR) is 66.4 cm³/mol. The van der Waals surface area contributed by atoms with Gasteiger partial charge >= 0.3 is 98.9 Å². The Balaban J connectivity index is 2.31. The summed E-state index contributed by atoms with van der Waals surface area (Å²) in [5, 5.41) is 0. The molecule has 0 aliphatic carbocycles. The Morgan fingerprint density at radius 1 is 1.19 bits per heavy atom. The van der Waals surface area contributed by atoms with E-state index in [4.69, 9.17) is 3.76 Å². The van der Waals surface area contributed by atoms with Crippen LogP contribution >= 0.6 is 0 Å². The third-order valence-electron chi connectivity index (χ3n) is 3.06. The third kappa shape index (κ3) is 2.07. The summed E-state index contributed by atoms with van der Waals surface area (Å²) in [6.45, 7) is 1.89. The summed E-state index contributed by atoms with van der Waals surface area (Å²) in [7, 11) is 0. The van der Waals surface area contributed by atoms with E-state index in [9.17, 15) is 4.79 Å². The minimum atomic E-state index is -2.47. The number of hydrogen-bond donors (Lipinski definition) is 0. The van der Waals surface area contributed by atoms with Gasteiger partial charge in [-0.15, -0.1) is 0 Å². The molecule has 0 N–H and O–H groups in total. The molecule has 0 saturated heterocycles. The second kappa shape index (κ2) is 4.09. The zero-order valence-corrected chi connectivity index (χ0v) is 12.0. The van der Waals surface area contributed by atoms with Gasteiger partial charge in [0.05, 0.1) is 0 Å². The molecule has 0 radical (unpaired) electrons. The van der Waals surface area contributed by atoms with Crippen LogP contribution in [0.2, 0.25) is 11.5 Å².